The summed E-state index contributed by atoms with van der Waals surface area (Å²) >= 11 is 0. The van der Waals surface area contributed by atoms with Crippen LogP contribution >= 0.6 is 0 Å². The molecule has 1 N–H and O–H groups in total. The van der Waals surface area contributed by atoms with Gasteiger partial charge in [-0.1, -0.05) is 13.3 Å². The maximum Gasteiger partial charge on any atom is 0.138 e. The molecular weight excluding hydrogens is 248 g/mol. The molecule has 1 aromatic heterocycles. The Labute approximate surface area is 122 Å². The summed E-state index contributed by atoms with van der Waals surface area (Å²) in [6, 6.07) is 4.90. The van der Waals surface area contributed by atoms with Gasteiger partial charge in [0, 0.05) is 12.6 Å². The van der Waals surface area contributed by atoms with E-state index < -0.39 is 0 Å². The van der Waals surface area contributed by atoms with Crippen molar-refractivity contribution < 1.29 is 4.74 Å². The number of nitrogens with one attached hydrogen (secondary N) is 1. The van der Waals surface area contributed by atoms with Gasteiger partial charge in [-0.15, -0.1) is 0 Å². The van der Waals surface area contributed by atoms with E-state index >= 15 is 0 Å². The van der Waals surface area contributed by atoms with Crippen LogP contribution in [0.2, 0.25) is 0 Å². The van der Waals surface area contributed by atoms with Crippen LogP contribution in [0.5, 0.6) is 5.75 Å². The van der Waals surface area contributed by atoms with E-state index in [1.165, 1.54) is 44.9 Å². The third-order valence-corrected chi connectivity index (χ3v) is 4.62. The number of ether oxygens (including phenoxy) is 1. The van der Waals surface area contributed by atoms with Gasteiger partial charge in [-0.25, -0.2) is 0 Å². The predicted molar refractivity (Wildman–Crippen MR) is 80.8 cm³/mol. The van der Waals surface area contributed by atoms with Crippen molar-refractivity contribution in [2.75, 3.05) is 0 Å². The van der Waals surface area contributed by atoms with Crippen LogP contribution in [0.25, 0.3) is 0 Å². The minimum absolute atomic E-state index is 0.398. The Bertz CT molecular complexity index is 406. The zero-order valence-corrected chi connectivity index (χ0v) is 12.5. The lowest BCUT2D eigenvalue weighted by atomic mass is 9.86. The first-order chi connectivity index (χ1) is 9.83. The molecule has 2 aliphatic rings. The molecule has 0 bridgehead atoms. The molecule has 2 saturated carbocycles. The fraction of sp³-hybridized carbons (Fsp3) is 0.706. The molecule has 20 heavy (non-hydrogen) atoms. The molecule has 1 aromatic rings. The summed E-state index contributed by atoms with van der Waals surface area (Å²) in [6.07, 6.45) is 11.3. The Hall–Kier alpha value is -1.09. The maximum atomic E-state index is 6.06. The van der Waals surface area contributed by atoms with Crippen molar-refractivity contribution >= 4 is 0 Å². The second-order valence-electron chi connectivity index (χ2n) is 6.31. The van der Waals surface area contributed by atoms with Crippen molar-refractivity contribution in [3.05, 3.63) is 24.0 Å². The van der Waals surface area contributed by atoms with Gasteiger partial charge in [-0.3, -0.25) is 4.98 Å². The lowest BCUT2D eigenvalue weighted by molar-refractivity contribution is 0.129. The highest BCUT2D eigenvalue weighted by molar-refractivity contribution is 5.20. The van der Waals surface area contributed by atoms with Crippen molar-refractivity contribution in [1.82, 2.24) is 10.3 Å². The normalized spacial score (nSPS) is 26.4. The lowest BCUT2D eigenvalue weighted by Gasteiger charge is -2.28. The molecule has 0 aromatic carbocycles. The van der Waals surface area contributed by atoms with Gasteiger partial charge in [0.15, 0.2) is 0 Å². The Kier molecular flexibility index (Phi) is 4.56. The molecule has 110 valence electrons. The largest absolute Gasteiger partial charge is 0.489 e. The zero-order chi connectivity index (χ0) is 13.8. The molecule has 3 nitrogen and oxygen atoms in total. The number of aromatic nitrogens is 1. The van der Waals surface area contributed by atoms with E-state index in [9.17, 15) is 0 Å². The number of nitrogens with zero attached hydrogens (tertiary/aromatic N) is 1. The lowest BCUT2D eigenvalue weighted by Crippen LogP contribution is -2.24. The average molecular weight is 274 g/mol. The van der Waals surface area contributed by atoms with Gasteiger partial charge in [-0.05, 0) is 56.6 Å². The molecule has 0 aliphatic heterocycles. The minimum atomic E-state index is 0.398. The van der Waals surface area contributed by atoms with E-state index in [0.29, 0.717) is 6.10 Å². The van der Waals surface area contributed by atoms with Gasteiger partial charge in [0.05, 0.1) is 18.0 Å². The van der Waals surface area contributed by atoms with E-state index in [2.05, 4.69) is 29.4 Å². The molecule has 0 saturated heterocycles. The van der Waals surface area contributed by atoms with Crippen molar-refractivity contribution in [2.45, 2.75) is 70.6 Å². The fourth-order valence-corrected chi connectivity index (χ4v) is 2.97. The van der Waals surface area contributed by atoms with E-state index in [1.54, 1.807) is 0 Å². The van der Waals surface area contributed by atoms with Crippen LogP contribution in [0.1, 0.15) is 57.6 Å². The van der Waals surface area contributed by atoms with Crippen molar-refractivity contribution in [3.8, 4) is 5.75 Å². The number of hydrogen-bond donors (Lipinski definition) is 1. The first-order valence-corrected chi connectivity index (χ1v) is 8.18. The molecule has 1 heterocycles. The van der Waals surface area contributed by atoms with Gasteiger partial charge < -0.3 is 10.1 Å². The highest BCUT2D eigenvalue weighted by atomic mass is 16.5. The van der Waals surface area contributed by atoms with Gasteiger partial charge in [0.2, 0.25) is 0 Å². The molecular formula is C17H26N2O. The predicted octanol–water partition coefficient (Wildman–Crippen LogP) is 3.68. The van der Waals surface area contributed by atoms with Gasteiger partial charge in [0.25, 0.3) is 0 Å². The van der Waals surface area contributed by atoms with E-state index in [4.69, 9.17) is 4.74 Å². The van der Waals surface area contributed by atoms with Gasteiger partial charge in [-0.2, -0.15) is 0 Å². The molecule has 3 rings (SSSR count). The Morgan fingerprint density at radius 2 is 1.95 bits per heavy atom. The second kappa shape index (κ2) is 6.57. The second-order valence-corrected chi connectivity index (χ2v) is 6.31. The first-order valence-electron chi connectivity index (χ1n) is 8.18. The summed E-state index contributed by atoms with van der Waals surface area (Å²) in [6.45, 7) is 3.18. The monoisotopic (exact) mass is 274 g/mol. The van der Waals surface area contributed by atoms with E-state index in [-0.39, 0.29) is 0 Å². The third-order valence-electron chi connectivity index (χ3n) is 4.62. The molecule has 2 fully saturated rings. The standard InChI is InChI=1S/C17H26N2O/c1-2-13-3-8-16(9-4-13)20-17-10-7-15(19-12-17)11-18-14-5-6-14/h7,10,12-14,16,18H,2-6,8-9,11H2,1H3. The summed E-state index contributed by atoms with van der Waals surface area (Å²) in [5, 5.41) is 3.48. The minimum Gasteiger partial charge on any atom is -0.489 e. The number of hydrogen-bond acceptors (Lipinski definition) is 3. The molecule has 0 radical (unpaired) electrons. The number of pyridine rings is 1. The van der Waals surface area contributed by atoms with Crippen LogP contribution in [-0.2, 0) is 6.54 Å². The topological polar surface area (TPSA) is 34.1 Å². The molecule has 0 amide bonds. The van der Waals surface area contributed by atoms with Crippen LogP contribution < -0.4 is 10.1 Å². The summed E-state index contributed by atoms with van der Waals surface area (Å²) in [7, 11) is 0. The van der Waals surface area contributed by atoms with Crippen molar-refractivity contribution in [2.24, 2.45) is 5.92 Å². The highest BCUT2D eigenvalue weighted by Gasteiger charge is 2.22. The molecule has 0 spiro atoms. The first kappa shape index (κ1) is 13.9. The van der Waals surface area contributed by atoms with Gasteiger partial charge >= 0.3 is 0 Å². The van der Waals surface area contributed by atoms with Crippen molar-refractivity contribution in [1.29, 1.82) is 0 Å². The Morgan fingerprint density at radius 1 is 1.15 bits per heavy atom. The van der Waals surface area contributed by atoms with E-state index in [1.807, 2.05) is 6.20 Å². The number of rotatable bonds is 6. The van der Waals surface area contributed by atoms with Crippen LogP contribution in [0.4, 0.5) is 0 Å². The highest BCUT2D eigenvalue weighted by Crippen LogP contribution is 2.29. The average Bonchev–Trinajstić information content (AvgIpc) is 3.32. The van der Waals surface area contributed by atoms with E-state index in [0.717, 1.165) is 29.9 Å². The molecule has 3 heteroatoms. The smallest absolute Gasteiger partial charge is 0.138 e. The van der Waals surface area contributed by atoms with Crippen LogP contribution in [-0.4, -0.2) is 17.1 Å². The molecule has 2 aliphatic carbocycles. The summed E-state index contributed by atoms with van der Waals surface area (Å²) in [4.78, 5) is 4.49. The Morgan fingerprint density at radius 3 is 2.55 bits per heavy atom. The van der Waals surface area contributed by atoms with Crippen LogP contribution in [0.3, 0.4) is 0 Å². The summed E-state index contributed by atoms with van der Waals surface area (Å²) < 4.78 is 6.06. The fourth-order valence-electron chi connectivity index (χ4n) is 2.97. The molecule has 0 atom stereocenters. The zero-order valence-electron chi connectivity index (χ0n) is 12.5. The molecule has 0 unspecified atom stereocenters. The maximum absolute atomic E-state index is 6.06. The quantitative estimate of drug-likeness (QED) is 0.859. The summed E-state index contributed by atoms with van der Waals surface area (Å²) in [5.41, 5.74) is 1.11. The SMILES string of the molecule is CCC1CCC(Oc2ccc(CNC3CC3)nc2)CC1. The van der Waals surface area contributed by atoms with Crippen LogP contribution in [0, 0.1) is 5.92 Å². The van der Waals surface area contributed by atoms with Gasteiger partial charge in [0.1, 0.15) is 5.75 Å². The third kappa shape index (κ3) is 3.95. The Balaban J connectivity index is 1.45. The van der Waals surface area contributed by atoms with Crippen molar-refractivity contribution in [3.63, 3.8) is 0 Å². The summed E-state index contributed by atoms with van der Waals surface area (Å²) in [5.74, 6) is 1.85. The van der Waals surface area contributed by atoms with Crippen LogP contribution in [0.15, 0.2) is 18.3 Å².